The van der Waals surface area contributed by atoms with Gasteiger partial charge in [0, 0.05) is 0 Å². The molecule has 0 saturated carbocycles. The molecule has 1 aromatic rings. The Morgan fingerprint density at radius 2 is 2.14 bits per heavy atom. The molecule has 5 heteroatoms. The highest BCUT2D eigenvalue weighted by atomic mass is 32.2. The van der Waals surface area contributed by atoms with Crippen molar-refractivity contribution in [3.63, 3.8) is 0 Å². The second-order valence-corrected chi connectivity index (χ2v) is 4.18. The minimum absolute atomic E-state index is 0.387. The molecule has 0 fully saturated rings. The SMILES string of the molecule is CCCc1cccc(NS(=O)(=O)O)c1. The summed E-state index contributed by atoms with van der Waals surface area (Å²) in [6.07, 6.45) is 1.89. The molecule has 14 heavy (non-hydrogen) atoms. The van der Waals surface area contributed by atoms with Crippen molar-refractivity contribution in [1.29, 1.82) is 0 Å². The second-order valence-electron chi connectivity index (χ2n) is 3.03. The molecule has 0 atom stereocenters. The predicted octanol–water partition coefficient (Wildman–Crippen LogP) is 1.85. The molecule has 0 unspecified atom stereocenters. The molecule has 0 bridgehead atoms. The highest BCUT2D eigenvalue weighted by Gasteiger charge is 2.03. The van der Waals surface area contributed by atoms with Gasteiger partial charge in [-0.1, -0.05) is 25.5 Å². The smallest absolute Gasteiger partial charge is 0.269 e. The molecule has 2 N–H and O–H groups in total. The van der Waals surface area contributed by atoms with E-state index < -0.39 is 10.3 Å². The summed E-state index contributed by atoms with van der Waals surface area (Å²) in [4.78, 5) is 0. The summed E-state index contributed by atoms with van der Waals surface area (Å²) in [5.41, 5.74) is 1.43. The van der Waals surface area contributed by atoms with E-state index in [2.05, 4.69) is 0 Å². The molecule has 1 aromatic carbocycles. The van der Waals surface area contributed by atoms with Crippen molar-refractivity contribution in [2.45, 2.75) is 19.8 Å². The molecule has 0 spiro atoms. The van der Waals surface area contributed by atoms with Crippen LogP contribution in [-0.4, -0.2) is 13.0 Å². The van der Waals surface area contributed by atoms with Crippen molar-refractivity contribution in [1.82, 2.24) is 0 Å². The lowest BCUT2D eigenvalue weighted by Crippen LogP contribution is -2.10. The van der Waals surface area contributed by atoms with Gasteiger partial charge >= 0.3 is 10.3 Å². The minimum Gasteiger partial charge on any atom is -0.269 e. The molecule has 1 rings (SSSR count). The van der Waals surface area contributed by atoms with Crippen LogP contribution in [0.4, 0.5) is 5.69 Å². The van der Waals surface area contributed by atoms with Gasteiger partial charge in [-0.3, -0.25) is 9.27 Å². The fourth-order valence-electron chi connectivity index (χ4n) is 1.23. The first-order chi connectivity index (χ1) is 6.51. The van der Waals surface area contributed by atoms with Crippen molar-refractivity contribution in [2.24, 2.45) is 0 Å². The second kappa shape index (κ2) is 4.43. The Morgan fingerprint density at radius 1 is 1.43 bits per heavy atom. The summed E-state index contributed by atoms with van der Waals surface area (Å²) in [6.45, 7) is 2.04. The maximum Gasteiger partial charge on any atom is 0.357 e. The molecule has 0 saturated heterocycles. The lowest BCUT2D eigenvalue weighted by molar-refractivity contribution is 0.489. The average molecular weight is 215 g/mol. The van der Waals surface area contributed by atoms with E-state index in [1.54, 1.807) is 18.2 Å². The van der Waals surface area contributed by atoms with Gasteiger partial charge in [0.25, 0.3) is 0 Å². The van der Waals surface area contributed by atoms with Gasteiger partial charge in [0.2, 0.25) is 0 Å². The van der Waals surface area contributed by atoms with Crippen molar-refractivity contribution in [3.8, 4) is 0 Å². The van der Waals surface area contributed by atoms with Crippen LogP contribution in [0.25, 0.3) is 0 Å². The zero-order chi connectivity index (χ0) is 10.6. The molecular formula is C9H13NO3S. The molecule has 78 valence electrons. The average Bonchev–Trinajstić information content (AvgIpc) is 2.02. The van der Waals surface area contributed by atoms with E-state index in [9.17, 15) is 8.42 Å². The van der Waals surface area contributed by atoms with Crippen molar-refractivity contribution >= 4 is 16.0 Å². The van der Waals surface area contributed by atoms with Crippen LogP contribution in [0.5, 0.6) is 0 Å². The Balaban J connectivity index is 2.83. The first-order valence-electron chi connectivity index (χ1n) is 4.35. The van der Waals surface area contributed by atoms with Crippen LogP contribution in [0.3, 0.4) is 0 Å². The van der Waals surface area contributed by atoms with Gasteiger partial charge in [0.05, 0.1) is 5.69 Å². The summed E-state index contributed by atoms with van der Waals surface area (Å²) in [6, 6.07) is 6.96. The Bertz CT molecular complexity index is 400. The summed E-state index contributed by atoms with van der Waals surface area (Å²) in [5.74, 6) is 0. The molecule has 0 aliphatic rings. The van der Waals surface area contributed by atoms with Gasteiger partial charge in [0.15, 0.2) is 0 Å². The van der Waals surface area contributed by atoms with Gasteiger partial charge in [-0.25, -0.2) is 0 Å². The fraction of sp³-hybridized carbons (Fsp3) is 0.333. The van der Waals surface area contributed by atoms with Crippen LogP contribution in [0.15, 0.2) is 24.3 Å². The number of nitrogens with one attached hydrogen (secondary N) is 1. The minimum atomic E-state index is -4.16. The van der Waals surface area contributed by atoms with E-state index in [-0.39, 0.29) is 0 Å². The third-order valence-electron chi connectivity index (χ3n) is 1.71. The van der Waals surface area contributed by atoms with Crippen LogP contribution in [0, 0.1) is 0 Å². The fourth-order valence-corrected chi connectivity index (χ4v) is 1.65. The normalized spacial score (nSPS) is 11.3. The molecule has 0 aromatic heterocycles. The Hall–Kier alpha value is -1.07. The topological polar surface area (TPSA) is 66.4 Å². The highest BCUT2D eigenvalue weighted by molar-refractivity contribution is 7.87. The quantitative estimate of drug-likeness (QED) is 0.753. The maximum absolute atomic E-state index is 10.5. The van der Waals surface area contributed by atoms with Gasteiger partial charge < -0.3 is 0 Å². The van der Waals surface area contributed by atoms with Crippen LogP contribution in [0.2, 0.25) is 0 Å². The summed E-state index contributed by atoms with van der Waals surface area (Å²) in [7, 11) is -4.16. The molecule has 0 aliphatic carbocycles. The Labute approximate surface area is 83.8 Å². The largest absolute Gasteiger partial charge is 0.357 e. The van der Waals surface area contributed by atoms with E-state index in [0.29, 0.717) is 5.69 Å². The molecule has 0 heterocycles. The number of anilines is 1. The third kappa shape index (κ3) is 3.76. The number of benzene rings is 1. The summed E-state index contributed by atoms with van der Waals surface area (Å²) in [5, 5.41) is 0. The first-order valence-corrected chi connectivity index (χ1v) is 5.79. The number of hydrogen-bond acceptors (Lipinski definition) is 2. The van der Waals surface area contributed by atoms with Crippen molar-refractivity contribution in [3.05, 3.63) is 29.8 Å². The van der Waals surface area contributed by atoms with Gasteiger partial charge in [-0.2, -0.15) is 8.42 Å². The van der Waals surface area contributed by atoms with E-state index in [0.717, 1.165) is 18.4 Å². The Morgan fingerprint density at radius 3 is 2.71 bits per heavy atom. The van der Waals surface area contributed by atoms with Crippen molar-refractivity contribution in [2.75, 3.05) is 4.72 Å². The van der Waals surface area contributed by atoms with E-state index in [1.165, 1.54) is 0 Å². The molecule has 4 nitrogen and oxygen atoms in total. The standard InChI is InChI=1S/C9H13NO3S/c1-2-4-8-5-3-6-9(7-8)10-14(11,12)13/h3,5-7,10H,2,4H2,1H3,(H,11,12,13). The molecule has 0 amide bonds. The summed E-state index contributed by atoms with van der Waals surface area (Å²) >= 11 is 0. The highest BCUT2D eigenvalue weighted by Crippen LogP contribution is 2.12. The van der Waals surface area contributed by atoms with Crippen LogP contribution in [-0.2, 0) is 16.7 Å². The van der Waals surface area contributed by atoms with Gasteiger partial charge in [-0.05, 0) is 24.1 Å². The number of aryl methyl sites for hydroxylation is 1. The van der Waals surface area contributed by atoms with Gasteiger partial charge in [0.1, 0.15) is 0 Å². The zero-order valence-electron chi connectivity index (χ0n) is 7.90. The zero-order valence-corrected chi connectivity index (χ0v) is 8.71. The predicted molar refractivity (Wildman–Crippen MR) is 55.6 cm³/mol. The van der Waals surface area contributed by atoms with Crippen LogP contribution in [0.1, 0.15) is 18.9 Å². The molecular weight excluding hydrogens is 202 g/mol. The van der Waals surface area contributed by atoms with Crippen LogP contribution >= 0.6 is 0 Å². The van der Waals surface area contributed by atoms with E-state index in [4.69, 9.17) is 4.55 Å². The third-order valence-corrected chi connectivity index (χ3v) is 2.21. The van der Waals surface area contributed by atoms with Gasteiger partial charge in [-0.15, -0.1) is 0 Å². The molecule has 0 radical (unpaired) electrons. The van der Waals surface area contributed by atoms with Crippen molar-refractivity contribution < 1.29 is 13.0 Å². The lowest BCUT2D eigenvalue weighted by atomic mass is 10.1. The number of hydrogen-bond donors (Lipinski definition) is 2. The monoisotopic (exact) mass is 215 g/mol. The maximum atomic E-state index is 10.5. The summed E-state index contributed by atoms with van der Waals surface area (Å²) < 4.78 is 31.6. The number of rotatable bonds is 4. The first kappa shape index (κ1) is 11.0. The van der Waals surface area contributed by atoms with E-state index in [1.807, 2.05) is 17.7 Å². The van der Waals surface area contributed by atoms with E-state index >= 15 is 0 Å². The lowest BCUT2D eigenvalue weighted by Gasteiger charge is -2.04. The Kier molecular flexibility index (Phi) is 3.49. The van der Waals surface area contributed by atoms with Crippen LogP contribution < -0.4 is 4.72 Å². The molecule has 0 aliphatic heterocycles.